The molecule has 0 aliphatic heterocycles. The summed E-state index contributed by atoms with van der Waals surface area (Å²) in [5.41, 5.74) is 1.57. The number of aromatic nitrogens is 5. The van der Waals surface area contributed by atoms with Crippen molar-refractivity contribution in [3.63, 3.8) is 0 Å². The Kier molecular flexibility index (Phi) is 2.71. The van der Waals surface area contributed by atoms with Crippen LogP contribution < -0.4 is 0 Å². The third kappa shape index (κ3) is 2.05. The van der Waals surface area contributed by atoms with Gasteiger partial charge in [0.25, 0.3) is 0 Å². The van der Waals surface area contributed by atoms with Crippen LogP contribution in [0.1, 0.15) is 10.4 Å². The third-order valence-electron chi connectivity index (χ3n) is 2.91. The van der Waals surface area contributed by atoms with Crippen LogP contribution in [0.3, 0.4) is 0 Å². The van der Waals surface area contributed by atoms with E-state index < -0.39 is 5.97 Å². The highest BCUT2D eigenvalue weighted by atomic mass is 16.4. The van der Waals surface area contributed by atoms with Gasteiger partial charge in [-0.3, -0.25) is 4.68 Å². The predicted octanol–water partition coefficient (Wildman–Crippen LogP) is 1.03. The number of benzene rings is 1. The molecule has 0 spiro atoms. The van der Waals surface area contributed by atoms with Gasteiger partial charge in [-0.2, -0.15) is 0 Å². The van der Waals surface area contributed by atoms with Crippen molar-refractivity contribution in [3.8, 4) is 0 Å². The van der Waals surface area contributed by atoms with Gasteiger partial charge in [0.1, 0.15) is 0 Å². The number of imidazole rings is 1. The smallest absolute Gasteiger partial charge is 0.337 e. The molecule has 0 amide bonds. The molecule has 2 aromatic heterocycles. The molecule has 0 unspecified atom stereocenters. The van der Waals surface area contributed by atoms with Gasteiger partial charge in [-0.15, -0.1) is 5.10 Å². The quantitative estimate of drug-likeness (QED) is 0.754. The van der Waals surface area contributed by atoms with Crippen molar-refractivity contribution in [3.05, 3.63) is 42.5 Å². The summed E-state index contributed by atoms with van der Waals surface area (Å²) in [4.78, 5) is 15.4. The summed E-state index contributed by atoms with van der Waals surface area (Å²) in [5.74, 6) is -0.951. The van der Waals surface area contributed by atoms with E-state index in [4.69, 9.17) is 0 Å². The van der Waals surface area contributed by atoms with Gasteiger partial charge in [-0.05, 0) is 12.1 Å². The first kappa shape index (κ1) is 11.4. The van der Waals surface area contributed by atoms with Crippen molar-refractivity contribution >= 4 is 17.0 Å². The summed E-state index contributed by atoms with van der Waals surface area (Å²) in [6, 6.07) is 5.08. The summed E-state index contributed by atoms with van der Waals surface area (Å²) >= 11 is 0. The van der Waals surface area contributed by atoms with Crippen LogP contribution in [0.4, 0.5) is 0 Å². The number of rotatable bonds is 4. The third-order valence-corrected chi connectivity index (χ3v) is 2.91. The standard InChI is InChI=1S/C12H11N5O2/c18-12(19)9-2-1-3-10-11(9)16(8-13-10)6-7-17-5-4-14-15-17/h1-5,8H,6-7H2,(H,18,19). The number of fused-ring (bicyclic) bond motifs is 1. The van der Waals surface area contributed by atoms with Gasteiger partial charge >= 0.3 is 5.97 Å². The van der Waals surface area contributed by atoms with E-state index in [2.05, 4.69) is 15.3 Å². The van der Waals surface area contributed by atoms with Gasteiger partial charge in [0.05, 0.1) is 35.7 Å². The van der Waals surface area contributed by atoms with Crippen molar-refractivity contribution in [1.82, 2.24) is 24.5 Å². The molecule has 0 fully saturated rings. The molecule has 7 nitrogen and oxygen atoms in total. The summed E-state index contributed by atoms with van der Waals surface area (Å²) in [6.07, 6.45) is 5.01. The molecule has 2 heterocycles. The Hall–Kier alpha value is -2.70. The Morgan fingerprint density at radius 1 is 1.32 bits per heavy atom. The minimum atomic E-state index is -0.951. The van der Waals surface area contributed by atoms with Crippen molar-refractivity contribution in [2.45, 2.75) is 13.1 Å². The zero-order valence-electron chi connectivity index (χ0n) is 9.97. The molecule has 0 radical (unpaired) electrons. The first-order valence-electron chi connectivity index (χ1n) is 5.77. The number of carbonyl (C=O) groups is 1. The number of hydrogen-bond donors (Lipinski definition) is 1. The first-order chi connectivity index (χ1) is 9.25. The van der Waals surface area contributed by atoms with E-state index in [1.807, 2.05) is 4.57 Å². The highest BCUT2D eigenvalue weighted by Crippen LogP contribution is 2.18. The van der Waals surface area contributed by atoms with Crippen LogP contribution in [0.5, 0.6) is 0 Å². The minimum absolute atomic E-state index is 0.258. The van der Waals surface area contributed by atoms with Gasteiger partial charge in [-0.1, -0.05) is 11.3 Å². The van der Waals surface area contributed by atoms with Crippen LogP contribution in [-0.2, 0) is 13.1 Å². The van der Waals surface area contributed by atoms with Gasteiger partial charge in [0.15, 0.2) is 0 Å². The maximum Gasteiger partial charge on any atom is 0.337 e. The second kappa shape index (κ2) is 4.52. The van der Waals surface area contributed by atoms with Gasteiger partial charge in [-0.25, -0.2) is 9.78 Å². The predicted molar refractivity (Wildman–Crippen MR) is 66.7 cm³/mol. The number of aromatic carboxylic acids is 1. The van der Waals surface area contributed by atoms with E-state index >= 15 is 0 Å². The van der Waals surface area contributed by atoms with Crippen molar-refractivity contribution in [2.24, 2.45) is 0 Å². The SMILES string of the molecule is O=C(O)c1cccc2ncn(CCn3ccnn3)c12. The van der Waals surface area contributed by atoms with E-state index in [1.165, 1.54) is 0 Å². The first-order valence-corrected chi connectivity index (χ1v) is 5.77. The number of carboxylic acid groups (broad SMARTS) is 1. The second-order valence-corrected chi connectivity index (χ2v) is 4.08. The Labute approximate surface area is 108 Å². The molecule has 7 heteroatoms. The lowest BCUT2D eigenvalue weighted by Crippen LogP contribution is -2.09. The molecule has 3 rings (SSSR count). The van der Waals surface area contributed by atoms with Crippen LogP contribution >= 0.6 is 0 Å². The Morgan fingerprint density at radius 2 is 2.21 bits per heavy atom. The average Bonchev–Trinajstić information content (AvgIpc) is 3.05. The fraction of sp³-hybridized carbons (Fsp3) is 0.167. The van der Waals surface area contributed by atoms with Crippen molar-refractivity contribution in [1.29, 1.82) is 0 Å². The number of carboxylic acids is 1. The van der Waals surface area contributed by atoms with Gasteiger partial charge < -0.3 is 9.67 Å². The topological polar surface area (TPSA) is 85.8 Å². The summed E-state index contributed by atoms with van der Waals surface area (Å²) in [5, 5.41) is 16.8. The molecule has 96 valence electrons. The maximum absolute atomic E-state index is 11.2. The van der Waals surface area contributed by atoms with E-state index in [9.17, 15) is 9.90 Å². The van der Waals surface area contributed by atoms with Crippen molar-refractivity contribution < 1.29 is 9.90 Å². The van der Waals surface area contributed by atoms with Gasteiger partial charge in [0.2, 0.25) is 0 Å². The lowest BCUT2D eigenvalue weighted by atomic mass is 10.2. The molecule has 0 bridgehead atoms. The summed E-state index contributed by atoms with van der Waals surface area (Å²) < 4.78 is 3.51. The Bertz CT molecular complexity index is 717. The van der Waals surface area contributed by atoms with Crippen LogP contribution in [0.15, 0.2) is 36.9 Å². The number of hydrogen-bond acceptors (Lipinski definition) is 4. The number of aryl methyl sites for hydroxylation is 2. The zero-order chi connectivity index (χ0) is 13.2. The van der Waals surface area contributed by atoms with E-state index in [-0.39, 0.29) is 5.56 Å². The molecule has 1 N–H and O–H groups in total. The Morgan fingerprint density at radius 3 is 2.95 bits per heavy atom. The molecular formula is C12H11N5O2. The fourth-order valence-electron chi connectivity index (χ4n) is 2.03. The number of para-hydroxylation sites is 1. The molecule has 1 aromatic carbocycles. The Balaban J connectivity index is 1.97. The largest absolute Gasteiger partial charge is 0.478 e. The normalized spacial score (nSPS) is 10.9. The highest BCUT2D eigenvalue weighted by Gasteiger charge is 2.12. The molecule has 0 aliphatic rings. The van der Waals surface area contributed by atoms with Crippen molar-refractivity contribution in [2.75, 3.05) is 0 Å². The van der Waals surface area contributed by atoms with Crippen LogP contribution in [0.25, 0.3) is 11.0 Å². The van der Waals surface area contributed by atoms with Crippen LogP contribution in [0.2, 0.25) is 0 Å². The fourth-order valence-corrected chi connectivity index (χ4v) is 2.03. The van der Waals surface area contributed by atoms with Crippen LogP contribution in [-0.4, -0.2) is 35.6 Å². The zero-order valence-corrected chi connectivity index (χ0v) is 9.97. The lowest BCUT2D eigenvalue weighted by Gasteiger charge is -2.06. The summed E-state index contributed by atoms with van der Waals surface area (Å²) in [7, 11) is 0. The average molecular weight is 257 g/mol. The molecule has 19 heavy (non-hydrogen) atoms. The van der Waals surface area contributed by atoms with E-state index in [0.29, 0.717) is 24.1 Å². The van der Waals surface area contributed by atoms with E-state index in [1.54, 1.807) is 41.6 Å². The molecule has 0 saturated carbocycles. The highest BCUT2D eigenvalue weighted by molar-refractivity contribution is 6.01. The number of nitrogens with zero attached hydrogens (tertiary/aromatic N) is 5. The minimum Gasteiger partial charge on any atom is -0.478 e. The van der Waals surface area contributed by atoms with Crippen LogP contribution in [0, 0.1) is 0 Å². The summed E-state index contributed by atoms with van der Waals surface area (Å²) in [6.45, 7) is 1.20. The molecular weight excluding hydrogens is 246 g/mol. The lowest BCUT2D eigenvalue weighted by molar-refractivity contribution is 0.0698. The molecule has 0 atom stereocenters. The van der Waals surface area contributed by atoms with Gasteiger partial charge in [0, 0.05) is 12.7 Å². The molecule has 0 aliphatic carbocycles. The maximum atomic E-state index is 11.2. The molecule has 3 aromatic rings. The monoisotopic (exact) mass is 257 g/mol. The molecule has 0 saturated heterocycles. The van der Waals surface area contributed by atoms with E-state index in [0.717, 1.165) is 0 Å². The second-order valence-electron chi connectivity index (χ2n) is 4.08.